The molecule has 3 rings (SSSR count). The minimum absolute atomic E-state index is 0.0849. The number of benzene rings is 2. The summed E-state index contributed by atoms with van der Waals surface area (Å²) in [7, 11) is -3.64. The molecular weight excluding hydrogens is 362 g/mol. The highest BCUT2D eigenvalue weighted by Gasteiger charge is 2.16. The number of halogens is 1. The van der Waals surface area contributed by atoms with Crippen molar-refractivity contribution in [1.29, 1.82) is 0 Å². The molecule has 0 radical (unpaired) electrons. The van der Waals surface area contributed by atoms with Gasteiger partial charge in [-0.15, -0.1) is 0 Å². The first kappa shape index (κ1) is 17.6. The lowest BCUT2D eigenvalue weighted by Crippen LogP contribution is -2.23. The lowest BCUT2D eigenvalue weighted by Gasteiger charge is -2.05. The molecule has 0 aliphatic carbocycles. The minimum Gasteiger partial charge on any atom is -0.338 e. The summed E-state index contributed by atoms with van der Waals surface area (Å²) in [5.74, 6) is 0.553. The van der Waals surface area contributed by atoms with Crippen molar-refractivity contribution in [1.82, 2.24) is 14.9 Å². The van der Waals surface area contributed by atoms with Crippen LogP contribution in [-0.2, 0) is 23.0 Å². The zero-order valence-corrected chi connectivity index (χ0v) is 15.0. The quantitative estimate of drug-likeness (QED) is 0.711. The van der Waals surface area contributed by atoms with Crippen molar-refractivity contribution in [2.75, 3.05) is 0 Å². The molecule has 0 fully saturated rings. The topological polar surface area (TPSA) is 85.1 Å². The fraction of sp³-hybridized carbons (Fsp3) is 0.176. The van der Waals surface area contributed by atoms with Crippen molar-refractivity contribution in [2.45, 2.75) is 24.8 Å². The molecule has 0 saturated carbocycles. The zero-order chi connectivity index (χ0) is 17.9. The van der Waals surface area contributed by atoms with Crippen LogP contribution in [0, 0.1) is 0 Å². The SMILES string of the molecule is CCc1ccc(S(=O)(=O)NCc2nc(-c3ccc(Cl)cc3)no2)cc1. The van der Waals surface area contributed by atoms with Gasteiger partial charge < -0.3 is 4.52 Å². The molecule has 8 heteroatoms. The van der Waals surface area contributed by atoms with Gasteiger partial charge in [-0.2, -0.15) is 4.98 Å². The molecule has 0 amide bonds. The fourth-order valence-electron chi connectivity index (χ4n) is 2.19. The number of sulfonamides is 1. The Labute approximate surface area is 150 Å². The van der Waals surface area contributed by atoms with Crippen LogP contribution in [0.2, 0.25) is 5.02 Å². The Balaban J connectivity index is 1.69. The number of hydrogen-bond donors (Lipinski definition) is 1. The molecule has 0 aliphatic heterocycles. The van der Waals surface area contributed by atoms with Gasteiger partial charge in [-0.1, -0.05) is 35.8 Å². The van der Waals surface area contributed by atoms with Crippen LogP contribution in [-0.4, -0.2) is 18.6 Å². The summed E-state index contributed by atoms with van der Waals surface area (Å²) in [6, 6.07) is 13.7. The molecule has 25 heavy (non-hydrogen) atoms. The second-order valence-corrected chi connectivity index (χ2v) is 7.54. The number of aryl methyl sites for hydroxylation is 1. The van der Waals surface area contributed by atoms with Crippen molar-refractivity contribution in [3.05, 3.63) is 65.0 Å². The molecule has 0 bridgehead atoms. The van der Waals surface area contributed by atoms with E-state index < -0.39 is 10.0 Å². The van der Waals surface area contributed by atoms with Crippen molar-refractivity contribution in [3.63, 3.8) is 0 Å². The summed E-state index contributed by atoms with van der Waals surface area (Å²) in [6.07, 6.45) is 0.850. The van der Waals surface area contributed by atoms with Gasteiger partial charge in [0, 0.05) is 10.6 Å². The van der Waals surface area contributed by atoms with E-state index in [0.29, 0.717) is 10.8 Å². The van der Waals surface area contributed by atoms with Gasteiger partial charge in [0.1, 0.15) is 0 Å². The predicted molar refractivity (Wildman–Crippen MR) is 94.6 cm³/mol. The van der Waals surface area contributed by atoms with Crippen molar-refractivity contribution in [2.24, 2.45) is 0 Å². The third-order valence-corrected chi connectivity index (χ3v) is 5.29. The standard InChI is InChI=1S/C17H16ClN3O3S/c1-2-12-3-9-15(10-4-12)25(22,23)19-11-16-20-17(21-24-16)13-5-7-14(18)8-6-13/h3-10,19H,2,11H2,1H3. The van der Waals surface area contributed by atoms with Crippen LogP contribution in [0.25, 0.3) is 11.4 Å². The molecule has 1 N–H and O–H groups in total. The first-order chi connectivity index (χ1) is 12.0. The Kier molecular flexibility index (Phi) is 5.17. The maximum atomic E-state index is 12.3. The Morgan fingerprint density at radius 1 is 1.08 bits per heavy atom. The van der Waals surface area contributed by atoms with Gasteiger partial charge in [-0.25, -0.2) is 13.1 Å². The highest BCUT2D eigenvalue weighted by atomic mass is 35.5. The van der Waals surface area contributed by atoms with E-state index in [2.05, 4.69) is 14.9 Å². The lowest BCUT2D eigenvalue weighted by atomic mass is 10.2. The van der Waals surface area contributed by atoms with Crippen LogP contribution in [0.15, 0.2) is 57.9 Å². The highest BCUT2D eigenvalue weighted by Crippen LogP contribution is 2.19. The van der Waals surface area contributed by atoms with Gasteiger partial charge in [-0.3, -0.25) is 0 Å². The van der Waals surface area contributed by atoms with Crippen LogP contribution in [0.5, 0.6) is 0 Å². The molecular formula is C17H16ClN3O3S. The van der Waals surface area contributed by atoms with Gasteiger partial charge >= 0.3 is 0 Å². The van der Waals surface area contributed by atoms with E-state index in [1.807, 2.05) is 6.92 Å². The molecule has 2 aromatic carbocycles. The Hall–Kier alpha value is -2.22. The number of nitrogens with one attached hydrogen (secondary N) is 1. The molecule has 0 saturated heterocycles. The third-order valence-electron chi connectivity index (χ3n) is 3.63. The van der Waals surface area contributed by atoms with Crippen LogP contribution in [0.4, 0.5) is 0 Å². The summed E-state index contributed by atoms with van der Waals surface area (Å²) < 4.78 is 32.2. The molecule has 130 valence electrons. The lowest BCUT2D eigenvalue weighted by molar-refractivity contribution is 0.376. The van der Waals surface area contributed by atoms with Crippen LogP contribution < -0.4 is 4.72 Å². The van der Waals surface area contributed by atoms with Crippen molar-refractivity contribution < 1.29 is 12.9 Å². The average molecular weight is 378 g/mol. The number of aromatic nitrogens is 2. The van der Waals surface area contributed by atoms with Crippen LogP contribution >= 0.6 is 11.6 Å². The molecule has 0 unspecified atom stereocenters. The monoisotopic (exact) mass is 377 g/mol. The summed E-state index contributed by atoms with van der Waals surface area (Å²) in [5, 5.41) is 4.45. The van der Waals surface area contributed by atoms with E-state index in [-0.39, 0.29) is 17.3 Å². The fourth-order valence-corrected chi connectivity index (χ4v) is 3.29. The predicted octanol–water partition coefficient (Wildman–Crippen LogP) is 3.43. The summed E-state index contributed by atoms with van der Waals surface area (Å²) >= 11 is 5.84. The normalized spacial score (nSPS) is 11.6. The van der Waals surface area contributed by atoms with E-state index in [1.54, 1.807) is 48.5 Å². The van der Waals surface area contributed by atoms with E-state index in [9.17, 15) is 8.42 Å². The van der Waals surface area contributed by atoms with E-state index in [4.69, 9.17) is 16.1 Å². The van der Waals surface area contributed by atoms with E-state index in [0.717, 1.165) is 17.5 Å². The van der Waals surface area contributed by atoms with Gasteiger partial charge in [-0.05, 0) is 48.4 Å². The molecule has 1 aromatic heterocycles. The maximum absolute atomic E-state index is 12.3. The highest BCUT2D eigenvalue weighted by molar-refractivity contribution is 7.89. The molecule has 0 spiro atoms. The number of hydrogen-bond acceptors (Lipinski definition) is 5. The largest absolute Gasteiger partial charge is 0.338 e. The first-order valence-corrected chi connectivity index (χ1v) is 9.51. The number of rotatable bonds is 6. The molecule has 0 atom stereocenters. The number of nitrogens with zero attached hydrogens (tertiary/aromatic N) is 2. The van der Waals surface area contributed by atoms with Gasteiger partial charge in [0.05, 0.1) is 11.4 Å². The van der Waals surface area contributed by atoms with E-state index >= 15 is 0 Å². The minimum atomic E-state index is -3.64. The second kappa shape index (κ2) is 7.35. The van der Waals surface area contributed by atoms with Gasteiger partial charge in [0.15, 0.2) is 0 Å². The molecule has 1 heterocycles. The third kappa shape index (κ3) is 4.25. The first-order valence-electron chi connectivity index (χ1n) is 7.65. The maximum Gasteiger partial charge on any atom is 0.242 e. The van der Waals surface area contributed by atoms with Crippen LogP contribution in [0.1, 0.15) is 18.4 Å². The van der Waals surface area contributed by atoms with Gasteiger partial charge in [0.2, 0.25) is 21.7 Å². The summed E-state index contributed by atoms with van der Waals surface area (Å²) in [6.45, 7) is 1.92. The Bertz CT molecular complexity index is 952. The van der Waals surface area contributed by atoms with E-state index in [1.165, 1.54) is 0 Å². The van der Waals surface area contributed by atoms with Crippen molar-refractivity contribution in [3.8, 4) is 11.4 Å². The smallest absolute Gasteiger partial charge is 0.242 e. The Morgan fingerprint density at radius 3 is 2.40 bits per heavy atom. The second-order valence-electron chi connectivity index (χ2n) is 5.34. The van der Waals surface area contributed by atoms with Crippen LogP contribution in [0.3, 0.4) is 0 Å². The molecule has 0 aliphatic rings. The zero-order valence-electron chi connectivity index (χ0n) is 13.4. The summed E-state index contributed by atoms with van der Waals surface area (Å²) in [4.78, 5) is 4.38. The Morgan fingerprint density at radius 2 is 1.76 bits per heavy atom. The van der Waals surface area contributed by atoms with Crippen molar-refractivity contribution >= 4 is 21.6 Å². The molecule has 6 nitrogen and oxygen atoms in total. The molecule has 3 aromatic rings. The summed E-state index contributed by atoms with van der Waals surface area (Å²) in [5.41, 5.74) is 1.81. The average Bonchev–Trinajstić information content (AvgIpc) is 3.10. The van der Waals surface area contributed by atoms with Gasteiger partial charge in [0.25, 0.3) is 0 Å².